The highest BCUT2D eigenvalue weighted by Gasteiger charge is 2.11. The monoisotopic (exact) mass is 302 g/mol. The first-order chi connectivity index (χ1) is 10.0. The summed E-state index contributed by atoms with van der Waals surface area (Å²) in [6.07, 6.45) is 0. The molecule has 1 heterocycles. The van der Waals surface area contributed by atoms with Crippen LogP contribution in [-0.4, -0.2) is 10.5 Å². The number of anilines is 1. The molecule has 0 radical (unpaired) electrons. The largest absolute Gasteiger partial charge is 0.419 e. The van der Waals surface area contributed by atoms with Gasteiger partial charge in [0.15, 0.2) is 5.58 Å². The summed E-state index contributed by atoms with van der Waals surface area (Å²) in [7, 11) is 1.59. The Balaban J connectivity index is 1.94. The van der Waals surface area contributed by atoms with E-state index in [9.17, 15) is 9.59 Å². The molecule has 3 rings (SSSR count). The minimum atomic E-state index is -0.461. The van der Waals surface area contributed by atoms with E-state index < -0.39 is 5.76 Å². The third-order valence-corrected chi connectivity index (χ3v) is 3.37. The molecule has 0 unspecified atom stereocenters. The summed E-state index contributed by atoms with van der Waals surface area (Å²) in [4.78, 5) is 23.6. The van der Waals surface area contributed by atoms with Crippen LogP contribution in [-0.2, 0) is 7.05 Å². The molecule has 0 bridgehead atoms. The maximum absolute atomic E-state index is 12.2. The van der Waals surface area contributed by atoms with E-state index in [4.69, 9.17) is 16.0 Å². The van der Waals surface area contributed by atoms with Gasteiger partial charge in [0.1, 0.15) is 0 Å². The molecule has 1 amide bonds. The van der Waals surface area contributed by atoms with Gasteiger partial charge in [-0.1, -0.05) is 17.7 Å². The Bertz CT molecular complexity index is 895. The number of carbonyl (C=O) groups is 1. The van der Waals surface area contributed by atoms with Crippen LogP contribution in [0.1, 0.15) is 10.4 Å². The molecule has 0 aliphatic carbocycles. The van der Waals surface area contributed by atoms with Crippen LogP contribution in [0.5, 0.6) is 0 Å². The number of hydrogen-bond donors (Lipinski definition) is 1. The van der Waals surface area contributed by atoms with E-state index in [-0.39, 0.29) is 5.91 Å². The lowest BCUT2D eigenvalue weighted by molar-refractivity contribution is 0.102. The summed E-state index contributed by atoms with van der Waals surface area (Å²) in [5.74, 6) is -0.745. The molecule has 0 saturated carbocycles. The number of rotatable bonds is 2. The van der Waals surface area contributed by atoms with Gasteiger partial charge >= 0.3 is 5.76 Å². The molecule has 1 aromatic heterocycles. The number of hydrogen-bond acceptors (Lipinski definition) is 3. The Hall–Kier alpha value is -2.53. The lowest BCUT2D eigenvalue weighted by Gasteiger charge is -2.05. The van der Waals surface area contributed by atoms with E-state index in [1.54, 1.807) is 49.5 Å². The highest BCUT2D eigenvalue weighted by Crippen LogP contribution is 2.18. The molecule has 3 aromatic rings. The Labute approximate surface area is 124 Å². The number of aryl methyl sites for hydroxylation is 1. The molecule has 0 saturated heterocycles. The second-order valence-corrected chi connectivity index (χ2v) is 5.01. The Morgan fingerprint density at radius 1 is 1.24 bits per heavy atom. The average Bonchev–Trinajstić information content (AvgIpc) is 2.74. The second-order valence-electron chi connectivity index (χ2n) is 4.57. The van der Waals surface area contributed by atoms with Crippen molar-refractivity contribution in [2.45, 2.75) is 0 Å². The molecule has 1 N–H and O–H groups in total. The highest BCUT2D eigenvalue weighted by molar-refractivity contribution is 6.31. The van der Waals surface area contributed by atoms with Crippen LogP contribution in [0.4, 0.5) is 5.69 Å². The number of carbonyl (C=O) groups excluding carboxylic acids is 1. The van der Waals surface area contributed by atoms with E-state index in [1.165, 1.54) is 4.57 Å². The second kappa shape index (κ2) is 5.10. The number of oxazole rings is 1. The van der Waals surface area contributed by atoms with Gasteiger partial charge in [-0.05, 0) is 36.4 Å². The molecule has 2 aromatic carbocycles. The molecule has 0 aliphatic heterocycles. The van der Waals surface area contributed by atoms with Crippen LogP contribution in [0.15, 0.2) is 51.7 Å². The number of aromatic nitrogens is 1. The van der Waals surface area contributed by atoms with Gasteiger partial charge in [0.05, 0.1) is 5.52 Å². The number of fused-ring (bicyclic) bond motifs is 1. The summed E-state index contributed by atoms with van der Waals surface area (Å²) >= 11 is 5.87. The van der Waals surface area contributed by atoms with E-state index in [0.29, 0.717) is 27.4 Å². The van der Waals surface area contributed by atoms with Gasteiger partial charge in [0.2, 0.25) is 0 Å². The normalized spacial score (nSPS) is 10.8. The lowest BCUT2D eigenvalue weighted by Crippen LogP contribution is -2.12. The molecule has 6 heteroatoms. The zero-order valence-corrected chi connectivity index (χ0v) is 11.8. The van der Waals surface area contributed by atoms with Crippen LogP contribution in [0.2, 0.25) is 5.02 Å². The fourth-order valence-electron chi connectivity index (χ4n) is 2.04. The molecular formula is C15H11ClN2O3. The molecule has 0 aliphatic rings. The first kappa shape index (κ1) is 13.5. The van der Waals surface area contributed by atoms with E-state index in [0.717, 1.165) is 0 Å². The maximum atomic E-state index is 12.2. The van der Waals surface area contributed by atoms with Crippen molar-refractivity contribution in [1.82, 2.24) is 4.57 Å². The van der Waals surface area contributed by atoms with Gasteiger partial charge in [-0.25, -0.2) is 4.79 Å². The Kier molecular flexibility index (Phi) is 3.27. The fraction of sp³-hybridized carbons (Fsp3) is 0.0667. The van der Waals surface area contributed by atoms with Gasteiger partial charge in [0, 0.05) is 23.3 Å². The summed E-state index contributed by atoms with van der Waals surface area (Å²) in [5.41, 5.74) is 2.05. The van der Waals surface area contributed by atoms with Crippen LogP contribution in [0, 0.1) is 0 Å². The predicted octanol–water partition coefficient (Wildman–Crippen LogP) is 3.04. The van der Waals surface area contributed by atoms with Gasteiger partial charge in [-0.15, -0.1) is 0 Å². The Morgan fingerprint density at radius 3 is 2.81 bits per heavy atom. The number of halogens is 1. The van der Waals surface area contributed by atoms with Crippen molar-refractivity contribution in [2.75, 3.05) is 5.32 Å². The predicted molar refractivity (Wildman–Crippen MR) is 80.9 cm³/mol. The summed E-state index contributed by atoms with van der Waals surface area (Å²) in [6.45, 7) is 0. The van der Waals surface area contributed by atoms with Crippen molar-refractivity contribution in [3.8, 4) is 0 Å². The molecule has 106 valence electrons. The van der Waals surface area contributed by atoms with Crippen molar-refractivity contribution < 1.29 is 9.21 Å². The third kappa shape index (κ3) is 2.55. The Morgan fingerprint density at radius 2 is 2.05 bits per heavy atom. The summed E-state index contributed by atoms with van der Waals surface area (Å²) in [6, 6.07) is 11.7. The topological polar surface area (TPSA) is 64.2 Å². The van der Waals surface area contributed by atoms with Crippen LogP contribution in [0.25, 0.3) is 11.1 Å². The summed E-state index contributed by atoms with van der Waals surface area (Å²) < 4.78 is 6.38. The molecule has 0 atom stereocenters. The van der Waals surface area contributed by atoms with Gasteiger partial charge in [0.25, 0.3) is 5.91 Å². The standard InChI is InChI=1S/C15H11ClN2O3/c1-18-12-7-9(5-6-13(12)21-15(18)20)14(19)17-11-4-2-3-10(16)8-11/h2-8H,1H3,(H,17,19). The molecule has 5 nitrogen and oxygen atoms in total. The van der Waals surface area contributed by atoms with E-state index >= 15 is 0 Å². The molecular weight excluding hydrogens is 292 g/mol. The van der Waals surface area contributed by atoms with Gasteiger partial charge in [-0.3, -0.25) is 9.36 Å². The number of nitrogens with one attached hydrogen (secondary N) is 1. The smallest absolute Gasteiger partial charge is 0.408 e. The average molecular weight is 303 g/mol. The van der Waals surface area contributed by atoms with Gasteiger partial charge in [-0.2, -0.15) is 0 Å². The summed E-state index contributed by atoms with van der Waals surface area (Å²) in [5, 5.41) is 3.29. The van der Waals surface area contributed by atoms with Gasteiger partial charge < -0.3 is 9.73 Å². The number of benzene rings is 2. The van der Waals surface area contributed by atoms with Crippen molar-refractivity contribution in [3.05, 3.63) is 63.6 Å². The van der Waals surface area contributed by atoms with Crippen LogP contribution < -0.4 is 11.1 Å². The molecule has 21 heavy (non-hydrogen) atoms. The zero-order chi connectivity index (χ0) is 15.0. The number of amides is 1. The fourth-order valence-corrected chi connectivity index (χ4v) is 2.23. The first-order valence-electron chi connectivity index (χ1n) is 6.21. The minimum Gasteiger partial charge on any atom is -0.408 e. The SMILES string of the molecule is Cn1c(=O)oc2ccc(C(=O)Nc3cccc(Cl)c3)cc21. The van der Waals surface area contributed by atoms with E-state index in [2.05, 4.69) is 5.32 Å². The van der Waals surface area contributed by atoms with Crippen molar-refractivity contribution in [2.24, 2.45) is 7.05 Å². The third-order valence-electron chi connectivity index (χ3n) is 3.14. The maximum Gasteiger partial charge on any atom is 0.419 e. The van der Waals surface area contributed by atoms with Crippen molar-refractivity contribution in [3.63, 3.8) is 0 Å². The van der Waals surface area contributed by atoms with Crippen molar-refractivity contribution >= 4 is 34.3 Å². The van der Waals surface area contributed by atoms with Crippen molar-refractivity contribution in [1.29, 1.82) is 0 Å². The lowest BCUT2D eigenvalue weighted by atomic mass is 10.2. The first-order valence-corrected chi connectivity index (χ1v) is 6.59. The minimum absolute atomic E-state index is 0.284. The van der Waals surface area contributed by atoms with E-state index in [1.807, 2.05) is 0 Å². The quantitative estimate of drug-likeness (QED) is 0.791. The zero-order valence-electron chi connectivity index (χ0n) is 11.1. The molecule has 0 spiro atoms. The number of nitrogens with zero attached hydrogens (tertiary/aromatic N) is 1. The highest BCUT2D eigenvalue weighted by atomic mass is 35.5. The van der Waals surface area contributed by atoms with Crippen LogP contribution >= 0.6 is 11.6 Å². The van der Waals surface area contributed by atoms with Crippen LogP contribution in [0.3, 0.4) is 0 Å². The molecule has 0 fully saturated rings.